The number of nitrogens with one attached hydrogen (secondary N) is 2. The molecular formula is C44H50Br2N4O4. The molecule has 2 amide bonds. The first-order valence-electron chi connectivity index (χ1n) is 18.9. The van der Waals surface area contributed by atoms with Gasteiger partial charge in [0.15, 0.2) is 0 Å². The highest BCUT2D eigenvalue weighted by Crippen LogP contribution is 2.37. The van der Waals surface area contributed by atoms with Gasteiger partial charge in [-0.2, -0.15) is 0 Å². The summed E-state index contributed by atoms with van der Waals surface area (Å²) in [7, 11) is 0. The first-order valence-corrected chi connectivity index (χ1v) is 20.4. The zero-order valence-corrected chi connectivity index (χ0v) is 34.6. The number of hydrogen-bond donors (Lipinski definition) is 4. The van der Waals surface area contributed by atoms with Crippen molar-refractivity contribution in [2.45, 2.75) is 88.7 Å². The standard InChI is InChI=1S/2C22H25BrN2O2/c2*1-22(2)13-25(21(27)17-8-7-16(23)10-18(17)22)12-20(26)19-9-14-5-3-4-6-15(14)11-24-19/h2*3-8,10,19-20,24,26H,9,11-13H2,1-2H3/t19-,20+;19-,20-/m00/s1. The second kappa shape index (κ2) is 15.6. The van der Waals surface area contributed by atoms with Crippen LogP contribution in [0, 0.1) is 0 Å². The van der Waals surface area contributed by atoms with Crippen LogP contribution in [0.1, 0.15) is 81.8 Å². The number of aliphatic hydroxyl groups is 2. The van der Waals surface area contributed by atoms with Crippen LogP contribution < -0.4 is 10.6 Å². The summed E-state index contributed by atoms with van der Waals surface area (Å²) < 4.78 is 1.97. The van der Waals surface area contributed by atoms with Gasteiger partial charge >= 0.3 is 0 Å². The van der Waals surface area contributed by atoms with Crippen molar-refractivity contribution in [2.24, 2.45) is 0 Å². The van der Waals surface area contributed by atoms with Gasteiger partial charge in [0.05, 0.1) is 12.2 Å². The lowest BCUT2D eigenvalue weighted by molar-refractivity contribution is 0.0443. The Morgan fingerprint density at radius 2 is 1.00 bits per heavy atom. The molecule has 0 saturated heterocycles. The summed E-state index contributed by atoms with van der Waals surface area (Å²) in [5.74, 6) is 0.0131. The molecule has 284 valence electrons. The molecule has 0 bridgehead atoms. The van der Waals surface area contributed by atoms with E-state index in [4.69, 9.17) is 0 Å². The summed E-state index contributed by atoms with van der Waals surface area (Å²) >= 11 is 7.02. The summed E-state index contributed by atoms with van der Waals surface area (Å²) in [4.78, 5) is 29.6. The Labute approximate surface area is 335 Å². The van der Waals surface area contributed by atoms with Gasteiger partial charge < -0.3 is 30.6 Å². The van der Waals surface area contributed by atoms with E-state index >= 15 is 0 Å². The zero-order valence-electron chi connectivity index (χ0n) is 31.4. The molecule has 0 aromatic heterocycles. The number of fused-ring (bicyclic) bond motifs is 4. The van der Waals surface area contributed by atoms with Crippen LogP contribution in [0.5, 0.6) is 0 Å². The van der Waals surface area contributed by atoms with Gasteiger partial charge in [0, 0.05) is 82.3 Å². The summed E-state index contributed by atoms with van der Waals surface area (Å²) in [5, 5.41) is 28.6. The fraction of sp³-hybridized carbons (Fsp3) is 0.409. The average molecular weight is 859 g/mol. The van der Waals surface area contributed by atoms with Gasteiger partial charge in [-0.05, 0) is 82.6 Å². The molecular weight excluding hydrogens is 808 g/mol. The third-order valence-corrected chi connectivity index (χ3v) is 12.6. The first kappa shape index (κ1) is 38.9. The van der Waals surface area contributed by atoms with Gasteiger partial charge in [-0.15, -0.1) is 0 Å². The van der Waals surface area contributed by atoms with E-state index < -0.39 is 12.2 Å². The van der Waals surface area contributed by atoms with E-state index in [1.807, 2.05) is 70.5 Å². The van der Waals surface area contributed by atoms with E-state index in [-0.39, 0.29) is 34.7 Å². The Bertz CT molecular complexity index is 1910. The Hall–Kier alpha value is -3.38. The fourth-order valence-corrected chi connectivity index (χ4v) is 9.36. The first-order chi connectivity index (χ1) is 25.7. The topological polar surface area (TPSA) is 105 Å². The molecule has 4 aromatic rings. The van der Waals surface area contributed by atoms with Crippen LogP contribution in [-0.4, -0.2) is 82.3 Å². The van der Waals surface area contributed by atoms with Crippen LogP contribution in [0.4, 0.5) is 0 Å². The van der Waals surface area contributed by atoms with Gasteiger partial charge in [0.25, 0.3) is 11.8 Å². The Morgan fingerprint density at radius 1 is 0.630 bits per heavy atom. The average Bonchev–Trinajstić information content (AvgIpc) is 3.15. The molecule has 0 fully saturated rings. The van der Waals surface area contributed by atoms with Gasteiger partial charge in [-0.3, -0.25) is 9.59 Å². The number of β-amino-alcohol motifs (C(OH)–C–C–N with tert-alkyl or cyclic N) is 2. The molecule has 4 N–H and O–H groups in total. The highest BCUT2D eigenvalue weighted by molar-refractivity contribution is 9.10. The minimum absolute atomic E-state index is 0.00656. The van der Waals surface area contributed by atoms with E-state index in [2.05, 4.69) is 94.5 Å². The molecule has 0 aliphatic carbocycles. The van der Waals surface area contributed by atoms with E-state index in [0.717, 1.165) is 57.1 Å². The highest BCUT2D eigenvalue weighted by atomic mass is 79.9. The number of nitrogens with zero attached hydrogens (tertiary/aromatic N) is 2. The smallest absolute Gasteiger partial charge is 0.254 e. The van der Waals surface area contributed by atoms with Crippen LogP contribution in [0.3, 0.4) is 0 Å². The summed E-state index contributed by atoms with van der Waals surface area (Å²) in [6, 6.07) is 28.3. The van der Waals surface area contributed by atoms with Crippen LogP contribution >= 0.6 is 31.9 Å². The predicted octanol–water partition coefficient (Wildman–Crippen LogP) is 6.52. The number of carbonyl (C=O) groups excluding carboxylic acids is 2. The lowest BCUT2D eigenvalue weighted by Crippen LogP contribution is -2.54. The minimum Gasteiger partial charge on any atom is -0.390 e. The molecule has 0 spiro atoms. The van der Waals surface area contributed by atoms with Crippen molar-refractivity contribution in [1.29, 1.82) is 0 Å². The van der Waals surface area contributed by atoms with Crippen molar-refractivity contribution in [3.05, 3.63) is 138 Å². The molecule has 8 nitrogen and oxygen atoms in total. The number of aliphatic hydroxyl groups excluding tert-OH is 2. The number of benzene rings is 4. The highest BCUT2D eigenvalue weighted by Gasteiger charge is 2.40. The molecule has 4 aliphatic rings. The van der Waals surface area contributed by atoms with E-state index in [0.29, 0.717) is 26.2 Å². The molecule has 0 unspecified atom stereocenters. The van der Waals surface area contributed by atoms with Crippen LogP contribution in [0.2, 0.25) is 0 Å². The molecule has 10 heteroatoms. The number of carbonyl (C=O) groups is 2. The van der Waals surface area contributed by atoms with Crippen molar-refractivity contribution in [1.82, 2.24) is 20.4 Å². The molecule has 4 aliphatic heterocycles. The predicted molar refractivity (Wildman–Crippen MR) is 220 cm³/mol. The normalized spacial score (nSPS) is 22.1. The molecule has 4 atom stereocenters. The lowest BCUT2D eigenvalue weighted by Gasteiger charge is -2.41. The van der Waals surface area contributed by atoms with Crippen molar-refractivity contribution < 1.29 is 19.8 Å². The Balaban J connectivity index is 0.000000167. The molecule has 4 aromatic carbocycles. The fourth-order valence-electron chi connectivity index (χ4n) is 8.64. The van der Waals surface area contributed by atoms with Gasteiger partial charge in [-0.25, -0.2) is 0 Å². The number of amides is 2. The maximum Gasteiger partial charge on any atom is 0.254 e. The van der Waals surface area contributed by atoms with Crippen LogP contribution in [-0.2, 0) is 36.8 Å². The van der Waals surface area contributed by atoms with Gasteiger partial charge in [-0.1, -0.05) is 108 Å². The van der Waals surface area contributed by atoms with Gasteiger partial charge in [0.2, 0.25) is 0 Å². The summed E-state index contributed by atoms with van der Waals surface area (Å²) in [5.41, 5.74) is 8.44. The van der Waals surface area contributed by atoms with Crippen molar-refractivity contribution in [3.8, 4) is 0 Å². The van der Waals surface area contributed by atoms with Gasteiger partial charge in [0.1, 0.15) is 0 Å². The zero-order chi connectivity index (χ0) is 38.4. The second-order valence-corrected chi connectivity index (χ2v) is 18.4. The lowest BCUT2D eigenvalue weighted by atomic mass is 9.78. The second-order valence-electron chi connectivity index (χ2n) is 16.6. The van der Waals surface area contributed by atoms with Crippen LogP contribution in [0.25, 0.3) is 0 Å². The number of halogens is 2. The molecule has 4 heterocycles. The van der Waals surface area contributed by atoms with Crippen LogP contribution in [0.15, 0.2) is 93.9 Å². The quantitative estimate of drug-likeness (QED) is 0.176. The Kier molecular flexibility index (Phi) is 11.3. The van der Waals surface area contributed by atoms with E-state index in [9.17, 15) is 19.8 Å². The SMILES string of the molecule is CC1(C)CN(C[C@@H](O)[C@@H]2Cc3ccccc3CN2)C(=O)c2ccc(Br)cc21.CC1(C)CN(C[C@H](O)[C@@H]2Cc3ccccc3CN2)C(=O)c2ccc(Br)cc21. The molecule has 8 rings (SSSR count). The maximum absolute atomic E-state index is 13.0. The maximum atomic E-state index is 13.0. The van der Waals surface area contributed by atoms with Crippen molar-refractivity contribution in [2.75, 3.05) is 26.2 Å². The third kappa shape index (κ3) is 8.11. The largest absolute Gasteiger partial charge is 0.390 e. The Morgan fingerprint density at radius 3 is 1.39 bits per heavy atom. The van der Waals surface area contributed by atoms with Crippen molar-refractivity contribution in [3.63, 3.8) is 0 Å². The number of rotatable bonds is 6. The van der Waals surface area contributed by atoms with Crippen molar-refractivity contribution >= 4 is 43.7 Å². The summed E-state index contributed by atoms with van der Waals surface area (Å²) in [6.07, 6.45) is 0.365. The molecule has 54 heavy (non-hydrogen) atoms. The molecule has 0 radical (unpaired) electrons. The third-order valence-electron chi connectivity index (χ3n) is 11.6. The monoisotopic (exact) mass is 856 g/mol. The van der Waals surface area contributed by atoms with E-state index in [1.54, 1.807) is 0 Å². The number of hydrogen-bond acceptors (Lipinski definition) is 6. The summed E-state index contributed by atoms with van der Waals surface area (Å²) in [6.45, 7) is 12.0. The van der Waals surface area contributed by atoms with E-state index in [1.165, 1.54) is 22.3 Å². The minimum atomic E-state index is -0.602. The molecule has 0 saturated carbocycles.